The number of ether oxygens (including phenoxy) is 1. The van der Waals surface area contributed by atoms with Gasteiger partial charge < -0.3 is 10.1 Å². The van der Waals surface area contributed by atoms with Gasteiger partial charge in [-0.1, -0.05) is 18.5 Å². The maximum Gasteiger partial charge on any atom is 0.341 e. The van der Waals surface area contributed by atoms with E-state index in [1.807, 2.05) is 12.2 Å². The summed E-state index contributed by atoms with van der Waals surface area (Å²) in [4.78, 5) is 34.0. The van der Waals surface area contributed by atoms with Crippen LogP contribution in [0.4, 0.5) is 9.18 Å². The zero-order valence-corrected chi connectivity index (χ0v) is 12.0. The molecular weight excluding hydrogens is 303 g/mol. The van der Waals surface area contributed by atoms with Crippen molar-refractivity contribution in [3.63, 3.8) is 0 Å². The van der Waals surface area contributed by atoms with E-state index in [2.05, 4.69) is 10.1 Å². The molecule has 114 valence electrons. The number of rotatable bonds is 5. The van der Waals surface area contributed by atoms with Crippen molar-refractivity contribution in [2.45, 2.75) is 13.3 Å². The second-order valence-corrected chi connectivity index (χ2v) is 4.44. The van der Waals surface area contributed by atoms with Crippen molar-refractivity contribution in [2.75, 3.05) is 13.2 Å². The molecule has 0 fully saturated rings. The number of amides is 3. The van der Waals surface area contributed by atoms with Gasteiger partial charge in [0, 0.05) is 11.6 Å². The molecule has 21 heavy (non-hydrogen) atoms. The highest BCUT2D eigenvalue weighted by Crippen LogP contribution is 2.15. The molecule has 0 radical (unpaired) electrons. The predicted octanol–water partition coefficient (Wildman–Crippen LogP) is 1.87. The van der Waals surface area contributed by atoms with Crippen molar-refractivity contribution in [3.05, 3.63) is 34.6 Å². The van der Waals surface area contributed by atoms with E-state index in [-0.39, 0.29) is 10.6 Å². The van der Waals surface area contributed by atoms with E-state index in [4.69, 9.17) is 11.6 Å². The average molecular weight is 317 g/mol. The standard InChI is InChI=1S/C13H14ClFN2O4/c1-2-5-16-13(20)17-11(18)7-21-12(19)9-4-3-8(14)6-10(9)15/h3-4,6H,2,5,7H2,1H3,(H2,16,17,18,20). The number of hydrogen-bond donors (Lipinski definition) is 2. The van der Waals surface area contributed by atoms with Crippen LogP contribution in [0.25, 0.3) is 0 Å². The van der Waals surface area contributed by atoms with Crippen LogP contribution in [0, 0.1) is 5.82 Å². The summed E-state index contributed by atoms with van der Waals surface area (Å²) in [5.41, 5.74) is -0.345. The molecule has 1 aromatic rings. The van der Waals surface area contributed by atoms with Crippen molar-refractivity contribution >= 4 is 29.5 Å². The van der Waals surface area contributed by atoms with Gasteiger partial charge in [0.1, 0.15) is 5.82 Å². The molecule has 0 unspecified atom stereocenters. The minimum Gasteiger partial charge on any atom is -0.452 e. The van der Waals surface area contributed by atoms with E-state index in [0.29, 0.717) is 13.0 Å². The van der Waals surface area contributed by atoms with Gasteiger partial charge in [0.2, 0.25) is 0 Å². The molecule has 2 N–H and O–H groups in total. The molecule has 3 amide bonds. The van der Waals surface area contributed by atoms with Crippen molar-refractivity contribution in [2.24, 2.45) is 0 Å². The number of halogens is 2. The Balaban J connectivity index is 2.45. The number of carbonyl (C=O) groups excluding carboxylic acids is 3. The molecular formula is C13H14ClFN2O4. The minimum atomic E-state index is -1.02. The lowest BCUT2D eigenvalue weighted by molar-refractivity contribution is -0.123. The normalized spacial score (nSPS) is 9.86. The molecule has 0 aliphatic heterocycles. The topological polar surface area (TPSA) is 84.5 Å². The number of urea groups is 1. The van der Waals surface area contributed by atoms with Gasteiger partial charge >= 0.3 is 12.0 Å². The SMILES string of the molecule is CCCNC(=O)NC(=O)COC(=O)c1ccc(Cl)cc1F. The van der Waals surface area contributed by atoms with Gasteiger partial charge in [0.05, 0.1) is 5.56 Å². The quantitative estimate of drug-likeness (QED) is 0.812. The van der Waals surface area contributed by atoms with Crippen molar-refractivity contribution in [1.29, 1.82) is 0 Å². The number of nitrogens with one attached hydrogen (secondary N) is 2. The minimum absolute atomic E-state index is 0.134. The summed E-state index contributed by atoms with van der Waals surface area (Å²) >= 11 is 5.55. The van der Waals surface area contributed by atoms with Crippen LogP contribution in [-0.2, 0) is 9.53 Å². The van der Waals surface area contributed by atoms with Crippen LogP contribution < -0.4 is 10.6 Å². The Bertz CT molecular complexity index is 551. The summed E-state index contributed by atoms with van der Waals surface area (Å²) in [6.07, 6.45) is 0.715. The fourth-order valence-corrected chi connectivity index (χ4v) is 1.47. The third-order valence-corrected chi connectivity index (χ3v) is 2.51. The first-order valence-electron chi connectivity index (χ1n) is 6.14. The average Bonchev–Trinajstić information content (AvgIpc) is 2.42. The highest BCUT2D eigenvalue weighted by molar-refractivity contribution is 6.30. The maximum atomic E-state index is 13.4. The number of esters is 1. The Morgan fingerprint density at radius 3 is 2.67 bits per heavy atom. The van der Waals surface area contributed by atoms with Crippen LogP contribution in [-0.4, -0.2) is 31.1 Å². The smallest absolute Gasteiger partial charge is 0.341 e. The summed E-state index contributed by atoms with van der Waals surface area (Å²) < 4.78 is 18.0. The number of hydrogen-bond acceptors (Lipinski definition) is 4. The number of carbonyl (C=O) groups is 3. The molecule has 8 heteroatoms. The summed E-state index contributed by atoms with van der Waals surface area (Å²) in [7, 11) is 0. The molecule has 0 saturated carbocycles. The lowest BCUT2D eigenvalue weighted by Gasteiger charge is -2.07. The van der Waals surface area contributed by atoms with Crippen LogP contribution in [0.15, 0.2) is 18.2 Å². The lowest BCUT2D eigenvalue weighted by Crippen LogP contribution is -2.41. The van der Waals surface area contributed by atoms with Crippen LogP contribution >= 0.6 is 11.6 Å². The summed E-state index contributed by atoms with van der Waals surface area (Å²) in [6, 6.07) is 2.73. The van der Waals surface area contributed by atoms with Crippen molar-refractivity contribution < 1.29 is 23.5 Å². The lowest BCUT2D eigenvalue weighted by atomic mass is 10.2. The second kappa shape index (κ2) is 8.21. The molecule has 0 saturated heterocycles. The van der Waals surface area contributed by atoms with Crippen LogP contribution in [0.1, 0.15) is 23.7 Å². The largest absolute Gasteiger partial charge is 0.452 e. The molecule has 0 heterocycles. The van der Waals surface area contributed by atoms with Crippen molar-refractivity contribution in [3.8, 4) is 0 Å². The summed E-state index contributed by atoms with van der Waals surface area (Å²) in [6.45, 7) is 1.57. The first-order chi connectivity index (χ1) is 9.93. The molecule has 0 bridgehead atoms. The van der Waals surface area contributed by atoms with Gasteiger partial charge in [0.25, 0.3) is 5.91 Å². The number of benzene rings is 1. The maximum absolute atomic E-state index is 13.4. The van der Waals surface area contributed by atoms with Crippen LogP contribution in [0.5, 0.6) is 0 Å². The predicted molar refractivity (Wildman–Crippen MR) is 73.5 cm³/mol. The molecule has 1 aromatic carbocycles. The van der Waals surface area contributed by atoms with Gasteiger partial charge in [-0.15, -0.1) is 0 Å². The molecule has 0 aliphatic rings. The Morgan fingerprint density at radius 2 is 2.05 bits per heavy atom. The van der Waals surface area contributed by atoms with Gasteiger partial charge in [0.15, 0.2) is 6.61 Å². The first-order valence-corrected chi connectivity index (χ1v) is 6.51. The van der Waals surface area contributed by atoms with Crippen LogP contribution in [0.3, 0.4) is 0 Å². The van der Waals surface area contributed by atoms with E-state index in [0.717, 1.165) is 12.1 Å². The monoisotopic (exact) mass is 316 g/mol. The molecule has 0 aromatic heterocycles. The molecule has 0 spiro atoms. The van der Waals surface area contributed by atoms with E-state index < -0.39 is 30.3 Å². The Labute approximate surface area is 125 Å². The first kappa shape index (κ1) is 16.9. The van der Waals surface area contributed by atoms with Gasteiger partial charge in [-0.3, -0.25) is 10.1 Å². The Kier molecular flexibility index (Phi) is 6.61. The van der Waals surface area contributed by atoms with E-state index >= 15 is 0 Å². The molecule has 6 nitrogen and oxygen atoms in total. The summed E-state index contributed by atoms with van der Waals surface area (Å²) in [5, 5.41) is 4.51. The fourth-order valence-electron chi connectivity index (χ4n) is 1.31. The third kappa shape index (κ3) is 5.78. The highest BCUT2D eigenvalue weighted by atomic mass is 35.5. The van der Waals surface area contributed by atoms with Crippen LogP contribution in [0.2, 0.25) is 5.02 Å². The molecule has 0 aliphatic carbocycles. The second-order valence-electron chi connectivity index (χ2n) is 4.00. The summed E-state index contributed by atoms with van der Waals surface area (Å²) in [5.74, 6) is -2.69. The Hall–Kier alpha value is -2.15. The molecule has 0 atom stereocenters. The van der Waals surface area contributed by atoms with Crippen molar-refractivity contribution in [1.82, 2.24) is 10.6 Å². The fraction of sp³-hybridized carbons (Fsp3) is 0.308. The van der Waals surface area contributed by atoms with E-state index in [9.17, 15) is 18.8 Å². The molecule has 1 rings (SSSR count). The zero-order chi connectivity index (χ0) is 15.8. The highest BCUT2D eigenvalue weighted by Gasteiger charge is 2.16. The van der Waals surface area contributed by atoms with E-state index in [1.165, 1.54) is 6.07 Å². The van der Waals surface area contributed by atoms with Gasteiger partial charge in [-0.2, -0.15) is 0 Å². The third-order valence-electron chi connectivity index (χ3n) is 2.27. The zero-order valence-electron chi connectivity index (χ0n) is 11.2. The Morgan fingerprint density at radius 1 is 1.33 bits per heavy atom. The van der Waals surface area contributed by atoms with Gasteiger partial charge in [-0.25, -0.2) is 14.0 Å². The number of imide groups is 1. The van der Waals surface area contributed by atoms with E-state index in [1.54, 1.807) is 0 Å². The van der Waals surface area contributed by atoms with Gasteiger partial charge in [-0.05, 0) is 24.6 Å².